The van der Waals surface area contributed by atoms with Crippen molar-refractivity contribution in [3.8, 4) is 0 Å². The highest BCUT2D eigenvalue weighted by Crippen LogP contribution is 2.45. The van der Waals surface area contributed by atoms with Crippen LogP contribution in [0, 0.1) is 12.8 Å². The van der Waals surface area contributed by atoms with Gasteiger partial charge in [0.2, 0.25) is 0 Å². The zero-order valence-corrected chi connectivity index (χ0v) is 12.5. The number of H-pyrrole nitrogens is 1. The molecule has 114 valence electrons. The van der Waals surface area contributed by atoms with Crippen molar-refractivity contribution in [3.63, 3.8) is 0 Å². The maximum Gasteiger partial charge on any atom is 0.327 e. The Bertz CT molecular complexity index is 557. The third kappa shape index (κ3) is 2.85. The van der Waals surface area contributed by atoms with Crippen molar-refractivity contribution in [3.05, 3.63) is 17.5 Å². The Balaban J connectivity index is 1.67. The topological polar surface area (TPSA) is 98.3 Å². The Morgan fingerprint density at radius 3 is 2.90 bits per heavy atom. The number of nitrogens with one attached hydrogen (secondary N) is 2. The lowest BCUT2D eigenvalue weighted by molar-refractivity contribution is -0.141. The molecule has 21 heavy (non-hydrogen) atoms. The standard InChI is InChI=1S/C13H18N4O3S/c1-7-9(5-15-16-7)4-14-13(20)17-10(12(18)19)6-21-11(17)8-2-3-8/h5,8,10-11H,2-4,6H2,1H3,(H,14,20)(H,15,16)(H,18,19). The van der Waals surface area contributed by atoms with Crippen molar-refractivity contribution in [2.75, 3.05) is 5.75 Å². The van der Waals surface area contributed by atoms with E-state index in [1.54, 1.807) is 18.0 Å². The number of carbonyl (C=O) groups is 2. The van der Waals surface area contributed by atoms with Crippen LogP contribution in [0.2, 0.25) is 0 Å². The van der Waals surface area contributed by atoms with Crippen molar-refractivity contribution in [1.29, 1.82) is 0 Å². The normalized spacial score (nSPS) is 25.1. The lowest BCUT2D eigenvalue weighted by Gasteiger charge is -2.27. The van der Waals surface area contributed by atoms with E-state index in [2.05, 4.69) is 15.5 Å². The van der Waals surface area contributed by atoms with Crippen molar-refractivity contribution >= 4 is 23.8 Å². The summed E-state index contributed by atoms with van der Waals surface area (Å²) >= 11 is 1.58. The number of urea groups is 1. The van der Waals surface area contributed by atoms with Crippen LogP contribution >= 0.6 is 11.8 Å². The largest absolute Gasteiger partial charge is 0.480 e. The molecule has 2 amide bonds. The quantitative estimate of drug-likeness (QED) is 0.775. The van der Waals surface area contributed by atoms with Crippen molar-refractivity contribution < 1.29 is 14.7 Å². The van der Waals surface area contributed by atoms with Gasteiger partial charge >= 0.3 is 12.0 Å². The average molecular weight is 310 g/mol. The second-order valence-electron chi connectivity index (χ2n) is 5.50. The number of carbonyl (C=O) groups excluding carboxylic acids is 1. The number of carboxylic acids is 1. The lowest BCUT2D eigenvalue weighted by Crippen LogP contribution is -2.50. The molecule has 0 bridgehead atoms. The first-order valence-corrected chi connectivity index (χ1v) is 8.02. The van der Waals surface area contributed by atoms with E-state index in [1.807, 2.05) is 6.92 Å². The van der Waals surface area contributed by atoms with Gasteiger partial charge in [-0.3, -0.25) is 10.00 Å². The summed E-state index contributed by atoms with van der Waals surface area (Å²) < 4.78 is 0. The van der Waals surface area contributed by atoms with Crippen molar-refractivity contribution in [1.82, 2.24) is 20.4 Å². The molecule has 2 fully saturated rings. The summed E-state index contributed by atoms with van der Waals surface area (Å²) in [5.41, 5.74) is 1.81. The van der Waals surface area contributed by atoms with Crippen LogP contribution in [-0.2, 0) is 11.3 Å². The first-order valence-electron chi connectivity index (χ1n) is 6.97. The maximum atomic E-state index is 12.4. The van der Waals surface area contributed by atoms with Gasteiger partial charge in [-0.15, -0.1) is 11.8 Å². The van der Waals surface area contributed by atoms with Crippen LogP contribution < -0.4 is 5.32 Å². The van der Waals surface area contributed by atoms with Gasteiger partial charge in [-0.2, -0.15) is 5.10 Å². The molecule has 1 aliphatic heterocycles. The number of aromatic nitrogens is 2. The Hall–Kier alpha value is -1.70. The fourth-order valence-corrected chi connectivity index (χ4v) is 4.17. The van der Waals surface area contributed by atoms with Gasteiger partial charge < -0.3 is 10.4 Å². The van der Waals surface area contributed by atoms with E-state index in [9.17, 15) is 14.7 Å². The summed E-state index contributed by atoms with van der Waals surface area (Å²) in [6, 6.07) is -1.03. The molecule has 0 aromatic carbocycles. The predicted molar refractivity (Wildman–Crippen MR) is 77.8 cm³/mol. The summed E-state index contributed by atoms with van der Waals surface area (Å²) in [4.78, 5) is 25.3. The van der Waals surface area contributed by atoms with Crippen LogP contribution in [0.1, 0.15) is 24.1 Å². The predicted octanol–water partition coefficient (Wildman–Crippen LogP) is 1.17. The first-order chi connectivity index (χ1) is 10.1. The molecule has 1 aromatic rings. The molecule has 2 unspecified atom stereocenters. The van der Waals surface area contributed by atoms with E-state index in [4.69, 9.17) is 0 Å². The Morgan fingerprint density at radius 2 is 2.33 bits per heavy atom. The lowest BCUT2D eigenvalue weighted by atomic mass is 10.2. The van der Waals surface area contributed by atoms with Crippen LogP contribution in [0.25, 0.3) is 0 Å². The van der Waals surface area contributed by atoms with Crippen LogP contribution in [-0.4, -0.2) is 49.4 Å². The summed E-state index contributed by atoms with van der Waals surface area (Å²) in [5.74, 6) is -0.0182. The molecule has 1 saturated heterocycles. The van der Waals surface area contributed by atoms with Crippen LogP contribution in [0.4, 0.5) is 4.79 Å². The van der Waals surface area contributed by atoms with Gasteiger partial charge in [-0.1, -0.05) is 0 Å². The minimum Gasteiger partial charge on any atom is -0.480 e. The number of rotatable bonds is 4. The van der Waals surface area contributed by atoms with E-state index >= 15 is 0 Å². The molecular formula is C13H18N4O3S. The van der Waals surface area contributed by atoms with E-state index in [0.29, 0.717) is 18.2 Å². The number of hydrogen-bond acceptors (Lipinski definition) is 4. The summed E-state index contributed by atoms with van der Waals surface area (Å²) in [7, 11) is 0. The number of hydrogen-bond donors (Lipinski definition) is 3. The van der Waals surface area contributed by atoms with Crippen LogP contribution in [0.5, 0.6) is 0 Å². The molecule has 2 aliphatic rings. The Morgan fingerprint density at radius 1 is 1.57 bits per heavy atom. The molecule has 0 spiro atoms. The first kappa shape index (κ1) is 14.2. The van der Waals surface area contributed by atoms with Gasteiger partial charge in [0.1, 0.15) is 6.04 Å². The highest BCUT2D eigenvalue weighted by atomic mass is 32.2. The highest BCUT2D eigenvalue weighted by molar-refractivity contribution is 8.00. The van der Waals surface area contributed by atoms with E-state index in [0.717, 1.165) is 24.1 Å². The smallest absolute Gasteiger partial charge is 0.327 e. The summed E-state index contributed by atoms with van der Waals surface area (Å²) in [5, 5.41) is 18.8. The summed E-state index contributed by atoms with van der Waals surface area (Å²) in [6.07, 6.45) is 3.82. The van der Waals surface area contributed by atoms with E-state index in [1.165, 1.54) is 4.90 Å². The Kier molecular flexibility index (Phi) is 3.79. The van der Waals surface area contributed by atoms with Crippen molar-refractivity contribution in [2.24, 2.45) is 5.92 Å². The van der Waals surface area contributed by atoms with Crippen molar-refractivity contribution in [2.45, 2.75) is 37.7 Å². The van der Waals surface area contributed by atoms with Crippen LogP contribution in [0.3, 0.4) is 0 Å². The van der Waals surface area contributed by atoms with Gasteiger partial charge in [0, 0.05) is 23.6 Å². The minimum absolute atomic E-state index is 0.00320. The van der Waals surface area contributed by atoms with Crippen LogP contribution in [0.15, 0.2) is 6.20 Å². The molecule has 1 aromatic heterocycles. The fourth-order valence-electron chi connectivity index (χ4n) is 2.54. The fraction of sp³-hybridized carbons (Fsp3) is 0.615. The number of carboxylic acid groups (broad SMARTS) is 1. The van der Waals surface area contributed by atoms with Gasteiger partial charge in [0.15, 0.2) is 0 Å². The Labute approximate surface area is 126 Å². The SMILES string of the molecule is Cc1[nH]ncc1CNC(=O)N1C(C(=O)O)CSC1C1CC1. The van der Waals surface area contributed by atoms with Gasteiger partial charge in [0.25, 0.3) is 0 Å². The molecular weight excluding hydrogens is 292 g/mol. The molecule has 1 aliphatic carbocycles. The number of aryl methyl sites for hydroxylation is 1. The van der Waals surface area contributed by atoms with Gasteiger partial charge in [-0.25, -0.2) is 9.59 Å². The zero-order chi connectivity index (χ0) is 15.0. The zero-order valence-electron chi connectivity index (χ0n) is 11.7. The minimum atomic E-state index is -0.930. The van der Waals surface area contributed by atoms with E-state index < -0.39 is 12.0 Å². The number of nitrogens with zero attached hydrogens (tertiary/aromatic N) is 2. The molecule has 0 radical (unpaired) electrons. The number of aliphatic carboxylic acids is 1. The number of aromatic amines is 1. The monoisotopic (exact) mass is 310 g/mol. The molecule has 3 N–H and O–H groups in total. The highest BCUT2D eigenvalue weighted by Gasteiger charge is 2.48. The molecule has 8 heteroatoms. The third-order valence-electron chi connectivity index (χ3n) is 3.94. The third-order valence-corrected chi connectivity index (χ3v) is 5.41. The molecule has 2 heterocycles. The molecule has 2 atom stereocenters. The summed E-state index contributed by atoms with van der Waals surface area (Å²) in [6.45, 7) is 2.24. The van der Waals surface area contributed by atoms with Gasteiger partial charge in [-0.05, 0) is 25.7 Å². The van der Waals surface area contributed by atoms with Gasteiger partial charge in [0.05, 0.1) is 11.6 Å². The average Bonchev–Trinajstić information content (AvgIpc) is 3.06. The molecule has 3 rings (SSSR count). The second-order valence-corrected chi connectivity index (χ2v) is 6.65. The maximum absolute atomic E-state index is 12.4. The number of amides is 2. The molecule has 7 nitrogen and oxygen atoms in total. The number of thioether (sulfide) groups is 1. The van der Waals surface area contributed by atoms with E-state index in [-0.39, 0.29) is 11.4 Å². The second kappa shape index (κ2) is 5.59. The molecule has 1 saturated carbocycles.